The number of phenols is 1. The van der Waals surface area contributed by atoms with Crippen molar-refractivity contribution in [2.45, 2.75) is 0 Å². The minimum absolute atomic E-state index is 0.181. The SMILES string of the molecule is COc1ccccc1O.O=C(O)Oc1ccccc1. The molecule has 0 saturated carbocycles. The molecule has 0 amide bonds. The third kappa shape index (κ3) is 5.45. The molecule has 19 heavy (non-hydrogen) atoms. The van der Waals surface area contributed by atoms with Crippen molar-refractivity contribution in [1.82, 2.24) is 0 Å². The molecule has 0 aliphatic heterocycles. The van der Waals surface area contributed by atoms with Gasteiger partial charge in [0.15, 0.2) is 11.5 Å². The van der Waals surface area contributed by atoms with Crippen molar-refractivity contribution in [1.29, 1.82) is 0 Å². The van der Waals surface area contributed by atoms with Crippen molar-refractivity contribution in [2.24, 2.45) is 0 Å². The second-order valence-electron chi connectivity index (χ2n) is 3.35. The molecule has 5 nitrogen and oxygen atoms in total. The zero-order valence-corrected chi connectivity index (χ0v) is 10.3. The van der Waals surface area contributed by atoms with Gasteiger partial charge in [0.25, 0.3) is 0 Å². The molecule has 0 aliphatic carbocycles. The number of benzene rings is 2. The van der Waals surface area contributed by atoms with E-state index in [0.717, 1.165) is 0 Å². The molecule has 0 atom stereocenters. The molecule has 0 aliphatic rings. The summed E-state index contributed by atoms with van der Waals surface area (Å²) in [7, 11) is 1.52. The van der Waals surface area contributed by atoms with E-state index in [1.54, 1.807) is 54.6 Å². The highest BCUT2D eigenvalue weighted by Gasteiger charge is 1.96. The highest BCUT2D eigenvalue weighted by atomic mass is 16.7. The molecule has 0 spiro atoms. The second-order valence-corrected chi connectivity index (χ2v) is 3.35. The predicted molar refractivity (Wildman–Crippen MR) is 69.8 cm³/mol. The van der Waals surface area contributed by atoms with Crippen LogP contribution in [0.25, 0.3) is 0 Å². The van der Waals surface area contributed by atoms with E-state index in [2.05, 4.69) is 4.74 Å². The van der Waals surface area contributed by atoms with Crippen molar-refractivity contribution in [2.75, 3.05) is 7.11 Å². The Balaban J connectivity index is 0.000000191. The number of ether oxygens (including phenoxy) is 2. The Morgan fingerprint density at radius 1 is 1.00 bits per heavy atom. The molecule has 0 unspecified atom stereocenters. The number of para-hydroxylation sites is 3. The fourth-order valence-corrected chi connectivity index (χ4v) is 1.22. The average Bonchev–Trinajstić information content (AvgIpc) is 2.40. The number of hydrogen-bond acceptors (Lipinski definition) is 4. The Morgan fingerprint density at radius 2 is 1.58 bits per heavy atom. The summed E-state index contributed by atoms with van der Waals surface area (Å²) in [4.78, 5) is 9.95. The lowest BCUT2D eigenvalue weighted by molar-refractivity contribution is 0.144. The molecule has 0 fully saturated rings. The lowest BCUT2D eigenvalue weighted by atomic mass is 10.3. The molecule has 2 N–H and O–H groups in total. The number of carbonyl (C=O) groups is 1. The lowest BCUT2D eigenvalue weighted by Gasteiger charge is -1.99. The monoisotopic (exact) mass is 262 g/mol. The highest BCUT2D eigenvalue weighted by Crippen LogP contribution is 2.23. The Morgan fingerprint density at radius 3 is 2.05 bits per heavy atom. The highest BCUT2D eigenvalue weighted by molar-refractivity contribution is 5.60. The van der Waals surface area contributed by atoms with Crippen LogP contribution in [0.2, 0.25) is 0 Å². The van der Waals surface area contributed by atoms with Crippen LogP contribution < -0.4 is 9.47 Å². The lowest BCUT2D eigenvalue weighted by Crippen LogP contribution is -2.02. The van der Waals surface area contributed by atoms with E-state index in [1.807, 2.05) is 0 Å². The third-order valence-corrected chi connectivity index (χ3v) is 2.03. The molecule has 0 heterocycles. The molecule has 5 heteroatoms. The van der Waals surface area contributed by atoms with Gasteiger partial charge >= 0.3 is 6.16 Å². The van der Waals surface area contributed by atoms with Gasteiger partial charge in [0, 0.05) is 0 Å². The molecule has 0 bridgehead atoms. The first-order chi connectivity index (χ1) is 9.13. The van der Waals surface area contributed by atoms with Crippen molar-refractivity contribution < 1.29 is 24.5 Å². The fourth-order valence-electron chi connectivity index (χ4n) is 1.22. The molecule has 0 aromatic heterocycles. The molecule has 0 radical (unpaired) electrons. The first-order valence-corrected chi connectivity index (χ1v) is 5.41. The van der Waals surface area contributed by atoms with Gasteiger partial charge in [-0.3, -0.25) is 0 Å². The summed E-state index contributed by atoms with van der Waals surface area (Å²) in [6.45, 7) is 0. The maximum absolute atomic E-state index is 9.95. The molecule has 0 saturated heterocycles. The number of methoxy groups -OCH3 is 1. The van der Waals surface area contributed by atoms with E-state index in [4.69, 9.17) is 14.9 Å². The Labute approximate surface area is 110 Å². The summed E-state index contributed by atoms with van der Waals surface area (Å²) in [5.74, 6) is 1.03. The molecular weight excluding hydrogens is 248 g/mol. The third-order valence-electron chi connectivity index (χ3n) is 2.03. The largest absolute Gasteiger partial charge is 0.511 e. The van der Waals surface area contributed by atoms with Crippen LogP contribution in [0.5, 0.6) is 17.2 Å². The molecule has 2 aromatic carbocycles. The first-order valence-electron chi connectivity index (χ1n) is 5.41. The summed E-state index contributed by atoms with van der Waals surface area (Å²) < 4.78 is 9.13. The van der Waals surface area contributed by atoms with Crippen molar-refractivity contribution in [3.8, 4) is 17.2 Å². The van der Waals surface area contributed by atoms with E-state index in [0.29, 0.717) is 11.5 Å². The van der Waals surface area contributed by atoms with Crippen molar-refractivity contribution in [3.05, 3.63) is 54.6 Å². The van der Waals surface area contributed by atoms with Gasteiger partial charge in [-0.05, 0) is 24.3 Å². The maximum atomic E-state index is 9.95. The van der Waals surface area contributed by atoms with Gasteiger partial charge in [-0.1, -0.05) is 30.3 Å². The number of aromatic hydroxyl groups is 1. The Bertz CT molecular complexity index is 510. The van der Waals surface area contributed by atoms with Crippen molar-refractivity contribution >= 4 is 6.16 Å². The number of carboxylic acid groups (broad SMARTS) is 1. The maximum Gasteiger partial charge on any atom is 0.511 e. The molecule has 2 aromatic rings. The van der Waals surface area contributed by atoms with Crippen LogP contribution >= 0.6 is 0 Å². The van der Waals surface area contributed by atoms with E-state index in [1.165, 1.54) is 7.11 Å². The predicted octanol–water partition coefficient (Wildman–Crippen LogP) is 3.14. The van der Waals surface area contributed by atoms with Crippen LogP contribution in [0.3, 0.4) is 0 Å². The quantitative estimate of drug-likeness (QED) is 0.642. The van der Waals surface area contributed by atoms with Crippen LogP contribution in [-0.2, 0) is 0 Å². The second kappa shape index (κ2) is 7.60. The van der Waals surface area contributed by atoms with E-state index < -0.39 is 6.16 Å². The van der Waals surface area contributed by atoms with Crippen molar-refractivity contribution in [3.63, 3.8) is 0 Å². The Hall–Kier alpha value is -2.69. The zero-order valence-electron chi connectivity index (χ0n) is 10.3. The summed E-state index contributed by atoms with van der Waals surface area (Å²) in [5.41, 5.74) is 0. The van der Waals surface area contributed by atoms with Crippen LogP contribution in [0, 0.1) is 0 Å². The van der Waals surface area contributed by atoms with Crippen LogP contribution in [-0.4, -0.2) is 23.5 Å². The Kier molecular flexibility index (Phi) is 5.75. The summed E-state index contributed by atoms with van der Waals surface area (Å²) in [6, 6.07) is 15.2. The molecule has 2 rings (SSSR count). The van der Waals surface area contributed by atoms with Gasteiger partial charge in [-0.15, -0.1) is 0 Å². The van der Waals surface area contributed by atoms with E-state index in [-0.39, 0.29) is 5.75 Å². The van der Waals surface area contributed by atoms with E-state index in [9.17, 15) is 4.79 Å². The van der Waals surface area contributed by atoms with E-state index >= 15 is 0 Å². The number of rotatable bonds is 2. The van der Waals surface area contributed by atoms with Crippen LogP contribution in [0.15, 0.2) is 54.6 Å². The van der Waals surface area contributed by atoms with Gasteiger partial charge in [-0.25, -0.2) is 4.79 Å². The molecule has 100 valence electrons. The van der Waals surface area contributed by atoms with Gasteiger partial charge in [0.05, 0.1) is 7.11 Å². The normalized spacial score (nSPS) is 8.89. The zero-order chi connectivity index (χ0) is 14.1. The smallest absolute Gasteiger partial charge is 0.504 e. The first kappa shape index (κ1) is 14.4. The number of phenolic OH excluding ortho intramolecular Hbond substituents is 1. The minimum Gasteiger partial charge on any atom is -0.504 e. The van der Waals surface area contributed by atoms with Crippen LogP contribution in [0.4, 0.5) is 4.79 Å². The topological polar surface area (TPSA) is 76.0 Å². The van der Waals surface area contributed by atoms with Gasteiger partial charge in [-0.2, -0.15) is 0 Å². The van der Waals surface area contributed by atoms with Crippen LogP contribution in [0.1, 0.15) is 0 Å². The standard InChI is InChI=1S/C7H6O3.C7H8O2/c8-7(9)10-6-4-2-1-3-5-6;1-9-7-5-3-2-4-6(7)8/h1-5H,(H,8,9);2-5,8H,1H3. The van der Waals surface area contributed by atoms with Gasteiger partial charge < -0.3 is 19.7 Å². The van der Waals surface area contributed by atoms with Gasteiger partial charge in [0.2, 0.25) is 0 Å². The summed E-state index contributed by atoms with van der Waals surface area (Å²) >= 11 is 0. The summed E-state index contributed by atoms with van der Waals surface area (Å²) in [5, 5.41) is 17.1. The van der Waals surface area contributed by atoms with Gasteiger partial charge in [0.1, 0.15) is 5.75 Å². The number of hydrogen-bond donors (Lipinski definition) is 2. The minimum atomic E-state index is -1.29. The fraction of sp³-hybridized carbons (Fsp3) is 0.0714. The average molecular weight is 262 g/mol. The summed E-state index contributed by atoms with van der Waals surface area (Å²) in [6.07, 6.45) is -1.29. The molecular formula is C14H14O5.